The zero-order valence-corrected chi connectivity index (χ0v) is 11.4. The Bertz CT molecular complexity index is 430. The second-order valence-corrected chi connectivity index (χ2v) is 4.79. The maximum atomic E-state index is 11.0. The minimum absolute atomic E-state index is 0.101. The molecular weight excluding hydrogens is 244 g/mol. The van der Waals surface area contributed by atoms with Gasteiger partial charge in [0.05, 0.1) is 18.8 Å². The molecule has 1 saturated carbocycles. The van der Waals surface area contributed by atoms with Gasteiger partial charge in [0.15, 0.2) is 6.29 Å². The Balaban J connectivity index is 2.10. The molecule has 0 amide bonds. The summed E-state index contributed by atoms with van der Waals surface area (Å²) in [5.74, 6) is 1.29. The summed E-state index contributed by atoms with van der Waals surface area (Å²) in [6, 6.07) is 5.24. The lowest BCUT2D eigenvalue weighted by Crippen LogP contribution is -2.29. The van der Waals surface area contributed by atoms with Crippen LogP contribution in [0.5, 0.6) is 11.5 Å². The van der Waals surface area contributed by atoms with Crippen molar-refractivity contribution in [1.29, 1.82) is 0 Å². The minimum atomic E-state index is 0.101. The molecule has 0 aromatic heterocycles. The lowest BCUT2D eigenvalue weighted by Gasteiger charge is -2.29. The van der Waals surface area contributed by atoms with Crippen molar-refractivity contribution in [1.82, 2.24) is 0 Å². The van der Waals surface area contributed by atoms with Crippen LogP contribution in [0.1, 0.15) is 36.0 Å². The third-order valence-corrected chi connectivity index (χ3v) is 3.55. The van der Waals surface area contributed by atoms with Gasteiger partial charge in [0.2, 0.25) is 0 Å². The molecule has 2 atom stereocenters. The lowest BCUT2D eigenvalue weighted by molar-refractivity contribution is 0.0207. The molecule has 2 unspecified atom stereocenters. The fourth-order valence-corrected chi connectivity index (χ4v) is 2.44. The van der Waals surface area contributed by atoms with Crippen molar-refractivity contribution in [3.05, 3.63) is 23.8 Å². The molecule has 0 aliphatic heterocycles. The zero-order chi connectivity index (χ0) is 13.7. The monoisotopic (exact) mass is 264 g/mol. The molecule has 2 rings (SSSR count). The first kappa shape index (κ1) is 13.9. The van der Waals surface area contributed by atoms with E-state index < -0.39 is 0 Å². The summed E-state index contributed by atoms with van der Waals surface area (Å²) in [5, 5.41) is 0. The Morgan fingerprint density at radius 2 is 2.00 bits per heavy atom. The lowest BCUT2D eigenvalue weighted by atomic mass is 9.95. The number of methoxy groups -OCH3 is 2. The van der Waals surface area contributed by atoms with Gasteiger partial charge in [0.1, 0.15) is 17.6 Å². The van der Waals surface area contributed by atoms with Gasteiger partial charge in [-0.3, -0.25) is 4.79 Å². The number of rotatable bonds is 5. The van der Waals surface area contributed by atoms with E-state index in [4.69, 9.17) is 14.2 Å². The molecule has 4 nitrogen and oxygen atoms in total. The smallest absolute Gasteiger partial charge is 0.153 e. The molecule has 19 heavy (non-hydrogen) atoms. The summed E-state index contributed by atoms with van der Waals surface area (Å²) >= 11 is 0. The van der Waals surface area contributed by atoms with E-state index in [1.54, 1.807) is 32.4 Å². The Morgan fingerprint density at radius 3 is 2.68 bits per heavy atom. The second kappa shape index (κ2) is 6.57. The molecule has 0 saturated heterocycles. The minimum Gasteiger partial charge on any atom is -0.497 e. The quantitative estimate of drug-likeness (QED) is 0.767. The molecule has 1 aliphatic carbocycles. The molecule has 0 N–H and O–H groups in total. The van der Waals surface area contributed by atoms with E-state index in [2.05, 4.69) is 0 Å². The van der Waals surface area contributed by atoms with E-state index in [-0.39, 0.29) is 12.2 Å². The van der Waals surface area contributed by atoms with Crippen molar-refractivity contribution < 1.29 is 19.0 Å². The molecule has 0 bridgehead atoms. The Labute approximate surface area is 113 Å². The largest absolute Gasteiger partial charge is 0.497 e. The van der Waals surface area contributed by atoms with Gasteiger partial charge in [0.25, 0.3) is 0 Å². The van der Waals surface area contributed by atoms with Crippen molar-refractivity contribution in [3.8, 4) is 11.5 Å². The average Bonchev–Trinajstić information content (AvgIpc) is 2.47. The predicted octanol–water partition coefficient (Wildman–Crippen LogP) is 2.84. The summed E-state index contributed by atoms with van der Waals surface area (Å²) in [6.07, 6.45) is 5.19. The van der Waals surface area contributed by atoms with Gasteiger partial charge in [-0.2, -0.15) is 0 Å². The van der Waals surface area contributed by atoms with Crippen molar-refractivity contribution in [2.24, 2.45) is 0 Å². The van der Waals surface area contributed by atoms with Gasteiger partial charge in [-0.1, -0.05) is 0 Å². The molecule has 1 aromatic carbocycles. The molecule has 4 heteroatoms. The molecule has 104 valence electrons. The van der Waals surface area contributed by atoms with Crippen LogP contribution in [0, 0.1) is 0 Å². The first-order chi connectivity index (χ1) is 9.26. The number of hydrogen-bond acceptors (Lipinski definition) is 4. The number of benzene rings is 1. The van der Waals surface area contributed by atoms with Crippen molar-refractivity contribution >= 4 is 6.29 Å². The summed E-state index contributed by atoms with van der Waals surface area (Å²) < 4.78 is 16.5. The maximum absolute atomic E-state index is 11.0. The molecule has 0 radical (unpaired) electrons. The fraction of sp³-hybridized carbons (Fsp3) is 0.533. The third-order valence-electron chi connectivity index (χ3n) is 3.55. The van der Waals surface area contributed by atoms with E-state index in [1.807, 2.05) is 0 Å². The Hall–Kier alpha value is -1.55. The van der Waals surface area contributed by atoms with E-state index in [1.165, 1.54) is 0 Å². The van der Waals surface area contributed by atoms with E-state index in [0.29, 0.717) is 17.1 Å². The van der Waals surface area contributed by atoms with E-state index in [9.17, 15) is 4.79 Å². The normalized spacial score (nSPS) is 22.8. The number of carbonyl (C=O) groups is 1. The van der Waals surface area contributed by atoms with Crippen LogP contribution in [-0.4, -0.2) is 32.7 Å². The highest BCUT2D eigenvalue weighted by molar-refractivity contribution is 5.79. The number of aldehydes is 1. The van der Waals surface area contributed by atoms with Crippen LogP contribution < -0.4 is 9.47 Å². The molecule has 1 fully saturated rings. The molecule has 0 spiro atoms. The van der Waals surface area contributed by atoms with Crippen LogP contribution in [0.25, 0.3) is 0 Å². The highest BCUT2D eigenvalue weighted by Crippen LogP contribution is 2.29. The summed E-state index contributed by atoms with van der Waals surface area (Å²) in [4.78, 5) is 11.0. The first-order valence-electron chi connectivity index (χ1n) is 6.59. The molecule has 1 aromatic rings. The average molecular weight is 264 g/mol. The van der Waals surface area contributed by atoms with Crippen LogP contribution >= 0.6 is 0 Å². The SMILES string of the molecule is COc1ccc(C=O)c(OC2CCCC(OC)C2)c1. The highest BCUT2D eigenvalue weighted by Gasteiger charge is 2.23. The van der Waals surface area contributed by atoms with Crippen LogP contribution in [0.3, 0.4) is 0 Å². The van der Waals surface area contributed by atoms with Crippen LogP contribution in [0.4, 0.5) is 0 Å². The van der Waals surface area contributed by atoms with Gasteiger partial charge in [-0.25, -0.2) is 0 Å². The zero-order valence-electron chi connectivity index (χ0n) is 11.4. The van der Waals surface area contributed by atoms with Gasteiger partial charge >= 0.3 is 0 Å². The van der Waals surface area contributed by atoms with Crippen molar-refractivity contribution in [2.75, 3.05) is 14.2 Å². The van der Waals surface area contributed by atoms with Crippen molar-refractivity contribution in [3.63, 3.8) is 0 Å². The van der Waals surface area contributed by atoms with Crippen molar-refractivity contribution in [2.45, 2.75) is 37.9 Å². The first-order valence-corrected chi connectivity index (χ1v) is 6.59. The summed E-state index contributed by atoms with van der Waals surface area (Å²) in [7, 11) is 3.33. The van der Waals surface area contributed by atoms with Crippen LogP contribution in [0.15, 0.2) is 18.2 Å². The van der Waals surface area contributed by atoms with E-state index in [0.717, 1.165) is 32.0 Å². The summed E-state index contributed by atoms with van der Waals surface area (Å²) in [5.41, 5.74) is 0.556. The van der Waals surface area contributed by atoms with Crippen LogP contribution in [0.2, 0.25) is 0 Å². The standard InChI is InChI=1S/C15H20O4/c1-17-12-4-3-5-14(8-12)19-15-9-13(18-2)7-6-11(15)10-16/h6-7,9-10,12,14H,3-5,8H2,1-2H3. The number of ether oxygens (including phenoxy) is 3. The number of hydrogen-bond donors (Lipinski definition) is 0. The highest BCUT2D eigenvalue weighted by atomic mass is 16.5. The Morgan fingerprint density at radius 1 is 1.21 bits per heavy atom. The second-order valence-electron chi connectivity index (χ2n) is 4.79. The molecule has 0 heterocycles. The maximum Gasteiger partial charge on any atom is 0.153 e. The molecule has 1 aliphatic rings. The Kier molecular flexibility index (Phi) is 4.80. The van der Waals surface area contributed by atoms with Gasteiger partial charge < -0.3 is 14.2 Å². The topological polar surface area (TPSA) is 44.8 Å². The fourth-order valence-electron chi connectivity index (χ4n) is 2.44. The van der Waals surface area contributed by atoms with Gasteiger partial charge in [-0.15, -0.1) is 0 Å². The van der Waals surface area contributed by atoms with Gasteiger partial charge in [0, 0.05) is 19.6 Å². The van der Waals surface area contributed by atoms with Gasteiger partial charge in [-0.05, 0) is 31.4 Å². The predicted molar refractivity (Wildman–Crippen MR) is 72.1 cm³/mol. The number of carbonyl (C=O) groups excluding carboxylic acids is 1. The van der Waals surface area contributed by atoms with E-state index >= 15 is 0 Å². The summed E-state index contributed by atoms with van der Waals surface area (Å²) in [6.45, 7) is 0. The van der Waals surface area contributed by atoms with Crippen LogP contribution in [-0.2, 0) is 4.74 Å². The molecular formula is C15H20O4. The third kappa shape index (κ3) is 3.47.